The molecule has 0 aromatic rings. The predicted octanol–water partition coefficient (Wildman–Crippen LogP) is 1.10. The fraction of sp³-hybridized carbons (Fsp3) is 0.900. The van der Waals surface area contributed by atoms with E-state index < -0.39 is 0 Å². The first-order valence-electron chi connectivity index (χ1n) is 4.81. The molecule has 0 aromatic carbocycles. The Morgan fingerprint density at radius 2 is 1.92 bits per heavy atom. The molecule has 0 atom stereocenters. The van der Waals surface area contributed by atoms with E-state index in [0.29, 0.717) is 6.54 Å². The van der Waals surface area contributed by atoms with Gasteiger partial charge in [-0.05, 0) is 12.3 Å². The van der Waals surface area contributed by atoms with Gasteiger partial charge in [0.15, 0.2) is 0 Å². The van der Waals surface area contributed by atoms with E-state index in [0.717, 1.165) is 13.1 Å². The van der Waals surface area contributed by atoms with Crippen molar-refractivity contribution >= 4 is 5.91 Å². The highest BCUT2D eigenvalue weighted by atomic mass is 16.2. The zero-order valence-electron chi connectivity index (χ0n) is 9.48. The van der Waals surface area contributed by atoms with Crippen LogP contribution in [0.15, 0.2) is 0 Å². The summed E-state index contributed by atoms with van der Waals surface area (Å²) in [6.07, 6.45) is 0. The largest absolute Gasteiger partial charge is 0.345 e. The molecule has 0 heterocycles. The van der Waals surface area contributed by atoms with E-state index in [2.05, 4.69) is 26.1 Å². The van der Waals surface area contributed by atoms with Crippen molar-refractivity contribution in [1.82, 2.24) is 10.2 Å². The van der Waals surface area contributed by atoms with Gasteiger partial charge in [0.05, 0.1) is 6.54 Å². The monoisotopic (exact) mass is 186 g/mol. The average Bonchev–Trinajstić information content (AvgIpc) is 2.00. The Labute approximate surface area is 81.5 Å². The van der Waals surface area contributed by atoms with Crippen molar-refractivity contribution in [2.24, 2.45) is 5.41 Å². The first-order chi connectivity index (χ1) is 5.87. The molecule has 0 aliphatic heterocycles. The summed E-state index contributed by atoms with van der Waals surface area (Å²) < 4.78 is 0. The van der Waals surface area contributed by atoms with Crippen molar-refractivity contribution in [2.75, 3.05) is 26.7 Å². The second kappa shape index (κ2) is 5.22. The van der Waals surface area contributed by atoms with Gasteiger partial charge in [-0.15, -0.1) is 0 Å². The average molecular weight is 186 g/mol. The lowest BCUT2D eigenvalue weighted by molar-refractivity contribution is -0.128. The lowest BCUT2D eigenvalue weighted by Gasteiger charge is -2.20. The van der Waals surface area contributed by atoms with E-state index in [-0.39, 0.29) is 11.3 Å². The smallest absolute Gasteiger partial charge is 0.236 e. The van der Waals surface area contributed by atoms with Gasteiger partial charge in [-0.3, -0.25) is 4.79 Å². The van der Waals surface area contributed by atoms with Crippen LogP contribution in [0.25, 0.3) is 0 Å². The molecule has 3 nitrogen and oxygen atoms in total. The van der Waals surface area contributed by atoms with Gasteiger partial charge in [0.1, 0.15) is 0 Å². The molecule has 0 saturated carbocycles. The van der Waals surface area contributed by atoms with Gasteiger partial charge in [-0.1, -0.05) is 20.8 Å². The van der Waals surface area contributed by atoms with Crippen molar-refractivity contribution in [1.29, 1.82) is 0 Å². The Balaban J connectivity index is 3.60. The summed E-state index contributed by atoms with van der Waals surface area (Å²) in [5, 5.41) is 3.15. The highest BCUT2D eigenvalue weighted by Gasteiger charge is 2.11. The number of nitrogens with zero attached hydrogens (tertiary/aromatic N) is 1. The van der Waals surface area contributed by atoms with Gasteiger partial charge in [0, 0.05) is 20.1 Å². The molecule has 0 aliphatic carbocycles. The van der Waals surface area contributed by atoms with E-state index in [9.17, 15) is 4.79 Å². The summed E-state index contributed by atoms with van der Waals surface area (Å²) >= 11 is 0. The van der Waals surface area contributed by atoms with Crippen LogP contribution < -0.4 is 5.32 Å². The van der Waals surface area contributed by atoms with Gasteiger partial charge in [0.2, 0.25) is 5.91 Å². The number of carbonyl (C=O) groups excluding carboxylic acids is 1. The van der Waals surface area contributed by atoms with E-state index >= 15 is 0 Å². The van der Waals surface area contributed by atoms with Crippen LogP contribution in [-0.4, -0.2) is 37.5 Å². The van der Waals surface area contributed by atoms with Crippen molar-refractivity contribution in [3.8, 4) is 0 Å². The molecule has 0 bridgehead atoms. The maximum Gasteiger partial charge on any atom is 0.236 e. The maximum atomic E-state index is 11.3. The van der Waals surface area contributed by atoms with E-state index in [4.69, 9.17) is 0 Å². The number of hydrogen-bond acceptors (Lipinski definition) is 2. The fourth-order valence-corrected chi connectivity index (χ4v) is 0.856. The van der Waals surface area contributed by atoms with Crippen LogP contribution in [0, 0.1) is 5.41 Å². The van der Waals surface area contributed by atoms with Crippen LogP contribution in [0.5, 0.6) is 0 Å². The van der Waals surface area contributed by atoms with Crippen LogP contribution in [0.4, 0.5) is 0 Å². The summed E-state index contributed by atoms with van der Waals surface area (Å²) in [6.45, 7) is 10.5. The summed E-state index contributed by atoms with van der Waals surface area (Å²) in [7, 11) is 1.82. The molecule has 0 aromatic heterocycles. The van der Waals surface area contributed by atoms with Crippen LogP contribution in [-0.2, 0) is 4.79 Å². The number of carbonyl (C=O) groups is 1. The minimum absolute atomic E-state index is 0.159. The molecule has 0 radical (unpaired) electrons. The van der Waals surface area contributed by atoms with Gasteiger partial charge < -0.3 is 10.2 Å². The molecular formula is C10H22N2O. The van der Waals surface area contributed by atoms with Gasteiger partial charge in [-0.2, -0.15) is 0 Å². The second-order valence-electron chi connectivity index (χ2n) is 4.57. The second-order valence-corrected chi connectivity index (χ2v) is 4.57. The third-order valence-corrected chi connectivity index (χ3v) is 1.83. The van der Waals surface area contributed by atoms with Gasteiger partial charge in [0.25, 0.3) is 0 Å². The first kappa shape index (κ1) is 12.4. The van der Waals surface area contributed by atoms with Crippen molar-refractivity contribution in [3.63, 3.8) is 0 Å². The van der Waals surface area contributed by atoms with Crippen molar-refractivity contribution < 1.29 is 4.79 Å². The highest BCUT2D eigenvalue weighted by Crippen LogP contribution is 2.09. The lowest BCUT2D eigenvalue weighted by Crippen LogP contribution is -2.38. The highest BCUT2D eigenvalue weighted by molar-refractivity contribution is 5.77. The maximum absolute atomic E-state index is 11.3. The third kappa shape index (κ3) is 6.58. The fourth-order valence-electron chi connectivity index (χ4n) is 0.856. The van der Waals surface area contributed by atoms with E-state index in [1.165, 1.54) is 0 Å². The number of amides is 1. The zero-order valence-corrected chi connectivity index (χ0v) is 9.48. The van der Waals surface area contributed by atoms with Crippen LogP contribution in [0.1, 0.15) is 27.7 Å². The van der Waals surface area contributed by atoms with Crippen LogP contribution in [0.3, 0.4) is 0 Å². The van der Waals surface area contributed by atoms with Gasteiger partial charge >= 0.3 is 0 Å². The van der Waals surface area contributed by atoms with Crippen LogP contribution in [0.2, 0.25) is 0 Å². The number of rotatable bonds is 4. The molecule has 78 valence electrons. The molecule has 0 saturated heterocycles. The zero-order chi connectivity index (χ0) is 10.5. The minimum atomic E-state index is 0.159. The third-order valence-electron chi connectivity index (χ3n) is 1.83. The molecule has 13 heavy (non-hydrogen) atoms. The topological polar surface area (TPSA) is 32.3 Å². The molecule has 0 rings (SSSR count). The quantitative estimate of drug-likeness (QED) is 0.713. The molecule has 0 unspecified atom stereocenters. The molecular weight excluding hydrogens is 164 g/mol. The molecule has 0 aliphatic rings. The summed E-state index contributed by atoms with van der Waals surface area (Å²) in [5.74, 6) is 0.159. The minimum Gasteiger partial charge on any atom is -0.345 e. The Morgan fingerprint density at radius 3 is 2.31 bits per heavy atom. The van der Waals surface area contributed by atoms with Gasteiger partial charge in [-0.25, -0.2) is 0 Å². The lowest BCUT2D eigenvalue weighted by atomic mass is 9.97. The van der Waals surface area contributed by atoms with E-state index in [1.54, 1.807) is 4.90 Å². The Bertz CT molecular complexity index is 161. The number of likely N-dealkylation sites (N-methyl/N-ethyl adjacent to an activating group) is 1. The molecule has 1 N–H and O–H groups in total. The number of hydrogen-bond donors (Lipinski definition) is 1. The molecule has 3 heteroatoms. The van der Waals surface area contributed by atoms with Crippen LogP contribution >= 0.6 is 0 Å². The Kier molecular flexibility index (Phi) is 4.99. The predicted molar refractivity (Wildman–Crippen MR) is 55.6 cm³/mol. The Hall–Kier alpha value is -0.570. The molecule has 1 amide bonds. The van der Waals surface area contributed by atoms with Crippen molar-refractivity contribution in [3.05, 3.63) is 0 Å². The summed E-state index contributed by atoms with van der Waals surface area (Å²) in [4.78, 5) is 13.0. The van der Waals surface area contributed by atoms with E-state index in [1.807, 2.05) is 14.0 Å². The summed E-state index contributed by atoms with van der Waals surface area (Å²) in [5.41, 5.74) is 0.241. The standard InChI is InChI=1S/C10H22N2O/c1-6-12(5)9(13)7-11-8-10(2,3)4/h11H,6-8H2,1-5H3. The molecule has 0 spiro atoms. The Morgan fingerprint density at radius 1 is 1.38 bits per heavy atom. The SMILES string of the molecule is CCN(C)C(=O)CNCC(C)(C)C. The first-order valence-corrected chi connectivity index (χ1v) is 4.81. The summed E-state index contributed by atoms with van der Waals surface area (Å²) in [6, 6.07) is 0. The molecule has 0 fully saturated rings. The number of nitrogens with one attached hydrogen (secondary N) is 1. The van der Waals surface area contributed by atoms with Crippen molar-refractivity contribution in [2.45, 2.75) is 27.7 Å². The normalized spacial score (nSPS) is 11.5.